The normalized spacial score (nSPS) is 14.2. The summed E-state index contributed by atoms with van der Waals surface area (Å²) in [5.74, 6) is 0. The summed E-state index contributed by atoms with van der Waals surface area (Å²) in [4.78, 5) is 4.07. The molecule has 2 aromatic rings. The monoisotopic (exact) mass is 259 g/mol. The van der Waals surface area contributed by atoms with Crippen LogP contribution in [0.5, 0.6) is 0 Å². The Bertz CT molecular complexity index is 469. The van der Waals surface area contributed by atoms with Gasteiger partial charge in [-0.25, -0.2) is 4.98 Å². The van der Waals surface area contributed by atoms with Crippen LogP contribution in [0.15, 0.2) is 49.1 Å². The lowest BCUT2D eigenvalue weighted by atomic mass is 9.90. The highest BCUT2D eigenvalue weighted by molar-refractivity contribution is 5.24. The molecule has 1 atom stereocenters. The van der Waals surface area contributed by atoms with Gasteiger partial charge in [0.1, 0.15) is 0 Å². The summed E-state index contributed by atoms with van der Waals surface area (Å²) in [5.41, 5.74) is 0.637. The van der Waals surface area contributed by atoms with Gasteiger partial charge in [-0.05, 0) is 18.5 Å². The summed E-state index contributed by atoms with van der Waals surface area (Å²) in [6.07, 6.45) is 6.48. The van der Waals surface area contributed by atoms with Crippen molar-refractivity contribution >= 4 is 0 Å². The zero-order chi connectivity index (χ0) is 13.6. The van der Waals surface area contributed by atoms with Crippen molar-refractivity contribution in [2.45, 2.75) is 25.4 Å². The van der Waals surface area contributed by atoms with Crippen molar-refractivity contribution in [3.63, 3.8) is 0 Å². The molecule has 1 unspecified atom stereocenters. The van der Waals surface area contributed by atoms with Gasteiger partial charge in [0, 0.05) is 18.9 Å². The molecule has 0 aliphatic heterocycles. The van der Waals surface area contributed by atoms with Crippen LogP contribution in [0, 0.1) is 0 Å². The SMILES string of the molecule is CCCNC(CO)(Cn1ccnc1)c1ccccc1. The highest BCUT2D eigenvalue weighted by atomic mass is 16.3. The van der Waals surface area contributed by atoms with Gasteiger partial charge in [0.2, 0.25) is 0 Å². The molecule has 102 valence electrons. The minimum absolute atomic E-state index is 0.0508. The molecule has 0 radical (unpaired) electrons. The van der Waals surface area contributed by atoms with E-state index in [-0.39, 0.29) is 6.61 Å². The number of imidazole rings is 1. The van der Waals surface area contributed by atoms with Gasteiger partial charge in [0.15, 0.2) is 0 Å². The summed E-state index contributed by atoms with van der Waals surface area (Å²) in [7, 11) is 0. The zero-order valence-corrected chi connectivity index (χ0v) is 11.3. The van der Waals surface area contributed by atoms with Crippen LogP contribution in [0.4, 0.5) is 0 Å². The molecule has 0 aliphatic rings. The fraction of sp³-hybridized carbons (Fsp3) is 0.400. The van der Waals surface area contributed by atoms with Crippen LogP contribution < -0.4 is 5.32 Å². The van der Waals surface area contributed by atoms with E-state index in [4.69, 9.17) is 0 Å². The topological polar surface area (TPSA) is 50.1 Å². The summed E-state index contributed by atoms with van der Waals surface area (Å²) in [6.45, 7) is 3.70. The fourth-order valence-electron chi connectivity index (χ4n) is 2.26. The summed E-state index contributed by atoms with van der Waals surface area (Å²) >= 11 is 0. The fourth-order valence-corrected chi connectivity index (χ4v) is 2.26. The molecule has 0 aliphatic carbocycles. The van der Waals surface area contributed by atoms with Crippen LogP contribution in [0.25, 0.3) is 0 Å². The minimum Gasteiger partial charge on any atom is -0.394 e. The van der Waals surface area contributed by atoms with Crippen molar-refractivity contribution in [1.82, 2.24) is 14.9 Å². The van der Waals surface area contributed by atoms with Gasteiger partial charge < -0.3 is 15.0 Å². The largest absolute Gasteiger partial charge is 0.394 e. The predicted molar refractivity (Wildman–Crippen MR) is 75.7 cm³/mol. The molecular formula is C15H21N3O. The Hall–Kier alpha value is -1.65. The first kappa shape index (κ1) is 13.8. The van der Waals surface area contributed by atoms with Gasteiger partial charge in [-0.2, -0.15) is 0 Å². The molecule has 2 rings (SSSR count). The van der Waals surface area contributed by atoms with E-state index in [1.807, 2.05) is 29.0 Å². The smallest absolute Gasteiger partial charge is 0.0946 e. The first-order valence-corrected chi connectivity index (χ1v) is 6.68. The van der Waals surface area contributed by atoms with Crippen LogP contribution in [0.1, 0.15) is 18.9 Å². The minimum atomic E-state index is -0.460. The highest BCUT2D eigenvalue weighted by Crippen LogP contribution is 2.23. The van der Waals surface area contributed by atoms with Gasteiger partial charge >= 0.3 is 0 Å². The number of rotatable bonds is 7. The van der Waals surface area contributed by atoms with Gasteiger partial charge in [-0.3, -0.25) is 0 Å². The maximum Gasteiger partial charge on any atom is 0.0946 e. The molecule has 0 amide bonds. The lowest BCUT2D eigenvalue weighted by Crippen LogP contribution is -2.49. The number of nitrogens with zero attached hydrogens (tertiary/aromatic N) is 2. The van der Waals surface area contributed by atoms with Crippen LogP contribution in [-0.2, 0) is 12.1 Å². The van der Waals surface area contributed by atoms with E-state index in [0.717, 1.165) is 18.5 Å². The number of aromatic nitrogens is 2. The lowest BCUT2D eigenvalue weighted by molar-refractivity contribution is 0.142. The number of benzene rings is 1. The van der Waals surface area contributed by atoms with Gasteiger partial charge in [-0.15, -0.1) is 0 Å². The Labute approximate surface area is 114 Å². The Morgan fingerprint density at radius 2 is 2.11 bits per heavy atom. The van der Waals surface area contributed by atoms with Crippen LogP contribution in [0.3, 0.4) is 0 Å². The van der Waals surface area contributed by atoms with Crippen LogP contribution >= 0.6 is 0 Å². The number of hydrogen-bond acceptors (Lipinski definition) is 3. The van der Waals surface area contributed by atoms with Gasteiger partial charge in [-0.1, -0.05) is 37.3 Å². The molecule has 0 saturated heterocycles. The molecule has 0 spiro atoms. The third kappa shape index (κ3) is 3.22. The maximum atomic E-state index is 9.96. The second-order valence-corrected chi connectivity index (χ2v) is 4.77. The molecule has 2 N–H and O–H groups in total. The van der Waals surface area contributed by atoms with Crippen molar-refractivity contribution in [3.05, 3.63) is 54.6 Å². The Kier molecular flexibility index (Phi) is 4.71. The van der Waals surface area contributed by atoms with Crippen molar-refractivity contribution in [1.29, 1.82) is 0 Å². The predicted octanol–water partition coefficient (Wildman–Crippen LogP) is 1.77. The van der Waals surface area contributed by atoms with E-state index in [1.165, 1.54) is 0 Å². The quantitative estimate of drug-likeness (QED) is 0.797. The van der Waals surface area contributed by atoms with Gasteiger partial charge in [0.05, 0.1) is 18.5 Å². The molecule has 0 bridgehead atoms. The van der Waals surface area contributed by atoms with Crippen molar-refractivity contribution in [2.75, 3.05) is 13.2 Å². The van der Waals surface area contributed by atoms with E-state index in [0.29, 0.717) is 6.54 Å². The standard InChI is InChI=1S/C15H21N3O/c1-2-8-17-15(12-19,11-18-10-9-16-13-18)14-6-4-3-5-7-14/h3-7,9-10,13,17,19H,2,8,11-12H2,1H3. The summed E-state index contributed by atoms with van der Waals surface area (Å²) in [6, 6.07) is 10.1. The third-order valence-electron chi connectivity index (χ3n) is 3.32. The van der Waals surface area contributed by atoms with E-state index < -0.39 is 5.54 Å². The average Bonchev–Trinajstić information content (AvgIpc) is 2.97. The molecule has 1 aromatic carbocycles. The van der Waals surface area contributed by atoms with Crippen molar-refractivity contribution in [2.24, 2.45) is 0 Å². The van der Waals surface area contributed by atoms with Crippen LogP contribution in [-0.4, -0.2) is 27.8 Å². The molecule has 0 saturated carbocycles. The molecular weight excluding hydrogens is 238 g/mol. The highest BCUT2D eigenvalue weighted by Gasteiger charge is 2.31. The van der Waals surface area contributed by atoms with Crippen LogP contribution in [0.2, 0.25) is 0 Å². The number of hydrogen-bond donors (Lipinski definition) is 2. The second kappa shape index (κ2) is 6.50. The molecule has 0 fully saturated rings. The Morgan fingerprint density at radius 1 is 1.32 bits per heavy atom. The first-order chi connectivity index (χ1) is 9.30. The number of aliphatic hydroxyl groups excluding tert-OH is 1. The molecule has 1 aromatic heterocycles. The molecule has 4 nitrogen and oxygen atoms in total. The summed E-state index contributed by atoms with van der Waals surface area (Å²) in [5, 5.41) is 13.4. The molecule has 1 heterocycles. The number of nitrogens with one attached hydrogen (secondary N) is 1. The lowest BCUT2D eigenvalue weighted by Gasteiger charge is -2.34. The van der Waals surface area contributed by atoms with Gasteiger partial charge in [0.25, 0.3) is 0 Å². The van der Waals surface area contributed by atoms with E-state index in [2.05, 4.69) is 29.4 Å². The van der Waals surface area contributed by atoms with E-state index in [9.17, 15) is 5.11 Å². The van der Waals surface area contributed by atoms with Crippen molar-refractivity contribution < 1.29 is 5.11 Å². The molecule has 4 heteroatoms. The third-order valence-corrected chi connectivity index (χ3v) is 3.32. The molecule has 19 heavy (non-hydrogen) atoms. The zero-order valence-electron chi connectivity index (χ0n) is 11.3. The number of aliphatic hydroxyl groups is 1. The first-order valence-electron chi connectivity index (χ1n) is 6.68. The Morgan fingerprint density at radius 3 is 2.68 bits per heavy atom. The van der Waals surface area contributed by atoms with E-state index in [1.54, 1.807) is 12.5 Å². The van der Waals surface area contributed by atoms with E-state index >= 15 is 0 Å². The second-order valence-electron chi connectivity index (χ2n) is 4.77. The average molecular weight is 259 g/mol. The summed E-state index contributed by atoms with van der Waals surface area (Å²) < 4.78 is 1.99. The van der Waals surface area contributed by atoms with Crippen molar-refractivity contribution in [3.8, 4) is 0 Å². The maximum absolute atomic E-state index is 9.96. The Balaban J connectivity index is 2.30.